The molecular formula is C40H48N6O10S. The Hall–Kier alpha value is -5.45. The summed E-state index contributed by atoms with van der Waals surface area (Å²) >= 11 is 0. The first-order chi connectivity index (χ1) is 27.2. The first-order valence-corrected chi connectivity index (χ1v) is 20.8. The third-order valence-corrected chi connectivity index (χ3v) is 13.2. The second kappa shape index (κ2) is 15.8. The highest BCUT2D eigenvalue weighted by molar-refractivity contribution is 7.91. The molecule has 3 fully saturated rings. The van der Waals surface area contributed by atoms with Crippen LogP contribution in [-0.2, 0) is 24.4 Å². The van der Waals surface area contributed by atoms with Gasteiger partial charge in [-0.25, -0.2) is 18.2 Å². The third-order valence-electron chi connectivity index (χ3n) is 11.4. The van der Waals surface area contributed by atoms with Crippen LogP contribution in [0, 0.1) is 17.8 Å². The maximum absolute atomic E-state index is 14.6. The standard InChI is InChI=1S/C40H48N6O10S/c1-22-7-5-6-8-25-20-40(25,38(49)45-57(52,53)29-14-15-29)44-35(47)32-19-28(21-46(32)37(48)33(23(2)17-22)42-39(50)51)56-36-30-16-13-27(55-4)18-31(30)41-34(43-36)24-9-11-26(54-3)12-10-24/h6,8-13,16,18,22-23,25,28-29,32-33,42H,5,7,14-15,17,19-21H2,1-4H3,(H,44,47)(H,45,49)(H,50,51)/t22-,23+,25+,28+,32-,33-,40+/m0/s1. The molecule has 7 atom stereocenters. The number of nitrogens with one attached hydrogen (secondary N) is 3. The van der Waals surface area contributed by atoms with Crippen LogP contribution in [0.1, 0.15) is 58.8 Å². The predicted octanol–water partition coefficient (Wildman–Crippen LogP) is 3.79. The van der Waals surface area contributed by atoms with E-state index in [9.17, 15) is 32.7 Å². The monoisotopic (exact) mass is 804 g/mol. The molecule has 4 aliphatic rings. The highest BCUT2D eigenvalue weighted by Crippen LogP contribution is 2.46. The van der Waals surface area contributed by atoms with E-state index in [0.29, 0.717) is 59.5 Å². The topological polar surface area (TPSA) is 215 Å². The number of ether oxygens (including phenoxy) is 3. The second-order valence-corrected chi connectivity index (χ2v) is 17.6. The first kappa shape index (κ1) is 39.8. The number of benzene rings is 2. The van der Waals surface area contributed by atoms with Gasteiger partial charge in [0.15, 0.2) is 5.82 Å². The average molecular weight is 805 g/mol. The Morgan fingerprint density at radius 3 is 2.39 bits per heavy atom. The third kappa shape index (κ3) is 8.48. The molecule has 3 aromatic rings. The van der Waals surface area contributed by atoms with Gasteiger partial charge in [-0.3, -0.25) is 19.1 Å². The van der Waals surface area contributed by atoms with Crippen molar-refractivity contribution in [1.82, 2.24) is 30.2 Å². The van der Waals surface area contributed by atoms with E-state index in [1.165, 1.54) is 4.90 Å². The summed E-state index contributed by atoms with van der Waals surface area (Å²) in [6.07, 6.45) is 4.47. The molecule has 57 heavy (non-hydrogen) atoms. The summed E-state index contributed by atoms with van der Waals surface area (Å²) in [5.41, 5.74) is -0.372. The number of carboxylic acid groups (broad SMARTS) is 1. The minimum Gasteiger partial charge on any atom is -0.497 e. The largest absolute Gasteiger partial charge is 0.497 e. The number of rotatable bonds is 9. The van der Waals surface area contributed by atoms with Gasteiger partial charge < -0.3 is 34.9 Å². The van der Waals surface area contributed by atoms with Crippen molar-refractivity contribution in [2.45, 2.75) is 87.8 Å². The van der Waals surface area contributed by atoms with E-state index < -0.39 is 74.7 Å². The molecule has 16 nitrogen and oxygen atoms in total. The van der Waals surface area contributed by atoms with Gasteiger partial charge in [0, 0.05) is 24.0 Å². The fraction of sp³-hybridized carbons (Fsp3) is 0.500. The van der Waals surface area contributed by atoms with Gasteiger partial charge in [-0.1, -0.05) is 26.0 Å². The Morgan fingerprint density at radius 1 is 0.982 bits per heavy atom. The number of carbonyl (C=O) groups is 4. The number of hydrogen-bond acceptors (Lipinski definition) is 11. The summed E-state index contributed by atoms with van der Waals surface area (Å²) in [5, 5.41) is 15.0. The minimum absolute atomic E-state index is 0.0414. The first-order valence-electron chi connectivity index (χ1n) is 19.2. The Kier molecular flexibility index (Phi) is 11.0. The molecule has 0 bridgehead atoms. The number of amides is 4. The number of carbonyl (C=O) groups excluding carboxylic acids is 3. The van der Waals surface area contributed by atoms with Gasteiger partial charge in [-0.15, -0.1) is 0 Å². The number of nitrogens with zero attached hydrogens (tertiary/aromatic N) is 3. The van der Waals surface area contributed by atoms with Crippen molar-refractivity contribution in [2.24, 2.45) is 17.8 Å². The molecule has 2 aliphatic heterocycles. The molecule has 0 radical (unpaired) electrons. The molecule has 3 heterocycles. The van der Waals surface area contributed by atoms with Crippen LogP contribution in [0.3, 0.4) is 0 Å². The summed E-state index contributed by atoms with van der Waals surface area (Å²) in [6, 6.07) is 9.99. The fourth-order valence-electron chi connectivity index (χ4n) is 7.95. The van der Waals surface area contributed by atoms with E-state index in [2.05, 4.69) is 15.4 Å². The SMILES string of the molecule is COc1ccc(-c2nc(O[C@@H]3C[C@H]4C(=O)N[C@]5(C(=O)NS(=O)(=O)C6CC6)C[C@H]5C=CCC[C@H](C)C[C@@H](C)[C@H](NC(=O)O)C(=O)N4C3)c3ccc(OC)cc3n2)cc1. The van der Waals surface area contributed by atoms with E-state index in [1.807, 2.05) is 19.1 Å². The molecule has 0 spiro atoms. The number of methoxy groups -OCH3 is 2. The summed E-state index contributed by atoms with van der Waals surface area (Å²) in [6.45, 7) is 3.71. The zero-order valence-corrected chi connectivity index (χ0v) is 33.1. The highest BCUT2D eigenvalue weighted by Gasteiger charge is 2.62. The lowest BCUT2D eigenvalue weighted by atomic mass is 9.88. The molecule has 304 valence electrons. The molecule has 1 aromatic heterocycles. The molecule has 7 rings (SSSR count). The van der Waals surface area contributed by atoms with Crippen molar-refractivity contribution in [3.05, 3.63) is 54.6 Å². The molecule has 0 unspecified atom stereocenters. The smallest absolute Gasteiger partial charge is 0.405 e. The van der Waals surface area contributed by atoms with Crippen LogP contribution < -0.4 is 29.6 Å². The number of allylic oxidation sites excluding steroid dienone is 1. The maximum atomic E-state index is 14.6. The molecule has 4 amide bonds. The summed E-state index contributed by atoms with van der Waals surface area (Å²) in [4.78, 5) is 65.7. The number of aromatic nitrogens is 2. The Bertz CT molecular complexity index is 2200. The Labute approximate surface area is 330 Å². The van der Waals surface area contributed by atoms with Crippen LogP contribution >= 0.6 is 0 Å². The summed E-state index contributed by atoms with van der Waals surface area (Å²) in [7, 11) is -0.825. The normalized spacial score (nSPS) is 27.9. The quantitative estimate of drug-likeness (QED) is 0.228. The Balaban J connectivity index is 1.25. The molecule has 2 aromatic carbocycles. The van der Waals surface area contributed by atoms with Crippen molar-refractivity contribution >= 4 is 44.7 Å². The van der Waals surface area contributed by atoms with E-state index in [-0.39, 0.29) is 31.2 Å². The van der Waals surface area contributed by atoms with Gasteiger partial charge in [-0.05, 0) is 86.8 Å². The molecule has 2 aliphatic carbocycles. The zero-order valence-electron chi connectivity index (χ0n) is 32.3. The molecule has 4 N–H and O–H groups in total. The number of sulfonamides is 1. The van der Waals surface area contributed by atoms with Crippen LogP contribution in [-0.4, -0.2) is 102 Å². The second-order valence-electron chi connectivity index (χ2n) is 15.6. The lowest BCUT2D eigenvalue weighted by Crippen LogP contribution is -2.59. The minimum atomic E-state index is -3.93. The van der Waals surface area contributed by atoms with Crippen molar-refractivity contribution in [3.63, 3.8) is 0 Å². The highest BCUT2D eigenvalue weighted by atomic mass is 32.2. The van der Waals surface area contributed by atoms with Gasteiger partial charge in [0.2, 0.25) is 27.7 Å². The molecule has 1 saturated heterocycles. The van der Waals surface area contributed by atoms with Crippen molar-refractivity contribution in [3.8, 4) is 28.8 Å². The van der Waals surface area contributed by atoms with Crippen LogP contribution in [0.4, 0.5) is 4.79 Å². The Morgan fingerprint density at radius 2 is 1.70 bits per heavy atom. The van der Waals surface area contributed by atoms with Crippen LogP contribution in [0.25, 0.3) is 22.3 Å². The lowest BCUT2D eigenvalue weighted by Gasteiger charge is -2.32. The summed E-state index contributed by atoms with van der Waals surface area (Å²) in [5.74, 6) is -1.22. The molecule has 17 heteroatoms. The van der Waals surface area contributed by atoms with E-state index in [1.54, 1.807) is 63.6 Å². The van der Waals surface area contributed by atoms with Gasteiger partial charge in [-0.2, -0.15) is 4.98 Å². The van der Waals surface area contributed by atoms with Crippen molar-refractivity contribution in [2.75, 3.05) is 20.8 Å². The number of fused-ring (bicyclic) bond motifs is 3. The average Bonchev–Trinajstić information content (AvgIpc) is 4.11. The van der Waals surface area contributed by atoms with Crippen molar-refractivity contribution < 1.29 is 46.9 Å². The van der Waals surface area contributed by atoms with Crippen LogP contribution in [0.5, 0.6) is 17.4 Å². The van der Waals surface area contributed by atoms with Crippen LogP contribution in [0.2, 0.25) is 0 Å². The van der Waals surface area contributed by atoms with E-state index in [4.69, 9.17) is 24.2 Å². The zero-order chi connectivity index (χ0) is 40.6. The molecular weight excluding hydrogens is 757 g/mol. The van der Waals surface area contributed by atoms with E-state index in [0.717, 1.165) is 6.42 Å². The summed E-state index contributed by atoms with van der Waals surface area (Å²) < 4.78 is 45.3. The predicted molar refractivity (Wildman–Crippen MR) is 208 cm³/mol. The van der Waals surface area contributed by atoms with Crippen molar-refractivity contribution in [1.29, 1.82) is 0 Å². The lowest BCUT2D eigenvalue weighted by molar-refractivity contribution is -0.142. The van der Waals surface area contributed by atoms with Gasteiger partial charge in [0.05, 0.1) is 36.9 Å². The fourth-order valence-corrected chi connectivity index (χ4v) is 9.32. The van der Waals surface area contributed by atoms with Crippen LogP contribution in [0.15, 0.2) is 54.6 Å². The van der Waals surface area contributed by atoms with E-state index >= 15 is 0 Å². The van der Waals surface area contributed by atoms with Gasteiger partial charge in [0.25, 0.3) is 5.91 Å². The maximum Gasteiger partial charge on any atom is 0.405 e. The number of hydrogen-bond donors (Lipinski definition) is 4. The molecule has 2 saturated carbocycles. The van der Waals surface area contributed by atoms with Gasteiger partial charge >= 0.3 is 6.09 Å². The van der Waals surface area contributed by atoms with Gasteiger partial charge in [0.1, 0.15) is 35.2 Å².